The largest absolute Gasteiger partial charge is 0.496 e. The number of hydrogen-bond acceptors (Lipinski definition) is 6. The Labute approximate surface area is 176 Å². The van der Waals surface area contributed by atoms with Gasteiger partial charge in [-0.25, -0.2) is 0 Å². The lowest BCUT2D eigenvalue weighted by molar-refractivity contribution is -0.143. The fourth-order valence-corrected chi connectivity index (χ4v) is 4.73. The van der Waals surface area contributed by atoms with Crippen molar-refractivity contribution in [1.29, 1.82) is 0 Å². The summed E-state index contributed by atoms with van der Waals surface area (Å²) in [7, 11) is 5.23. The summed E-state index contributed by atoms with van der Waals surface area (Å²) in [6.45, 7) is 0.792. The molecule has 30 heavy (non-hydrogen) atoms. The Morgan fingerprint density at radius 3 is 2.67 bits per heavy atom. The summed E-state index contributed by atoms with van der Waals surface area (Å²) < 4.78 is 21.9. The van der Waals surface area contributed by atoms with Gasteiger partial charge in [-0.15, -0.1) is 0 Å². The number of para-hydroxylation sites is 1. The molecule has 7 nitrogen and oxygen atoms in total. The minimum Gasteiger partial charge on any atom is -0.496 e. The van der Waals surface area contributed by atoms with Crippen LogP contribution in [0.15, 0.2) is 36.4 Å². The third-order valence-corrected chi connectivity index (χ3v) is 6.19. The number of carbonyl (C=O) groups is 1. The highest BCUT2D eigenvalue weighted by Gasteiger charge is 2.45. The molecular weight excluding hydrogens is 386 g/mol. The van der Waals surface area contributed by atoms with Crippen molar-refractivity contribution in [3.8, 4) is 23.0 Å². The van der Waals surface area contributed by atoms with Crippen molar-refractivity contribution in [2.24, 2.45) is 5.92 Å². The monoisotopic (exact) mass is 413 g/mol. The Bertz CT molecular complexity index is 930. The van der Waals surface area contributed by atoms with Crippen molar-refractivity contribution in [2.45, 2.75) is 24.8 Å². The maximum Gasteiger partial charge on any atom is 0.308 e. The normalized spacial score (nSPS) is 22.8. The molecule has 0 bridgehead atoms. The van der Waals surface area contributed by atoms with Gasteiger partial charge in [0.05, 0.1) is 20.1 Å². The lowest BCUT2D eigenvalue weighted by atomic mass is 9.83. The van der Waals surface area contributed by atoms with Crippen LogP contribution in [0, 0.1) is 5.92 Å². The summed E-state index contributed by atoms with van der Waals surface area (Å²) in [4.78, 5) is 14.5. The van der Waals surface area contributed by atoms with Crippen LogP contribution in [0.5, 0.6) is 23.0 Å². The van der Waals surface area contributed by atoms with Crippen LogP contribution in [-0.2, 0) is 11.2 Å². The van der Waals surface area contributed by atoms with Gasteiger partial charge in [0.15, 0.2) is 11.5 Å². The number of hydrogen-bond donors (Lipinski definition) is 1. The second kappa shape index (κ2) is 8.44. The van der Waals surface area contributed by atoms with E-state index in [0.29, 0.717) is 23.8 Å². The van der Waals surface area contributed by atoms with E-state index in [9.17, 15) is 9.90 Å². The molecule has 0 aliphatic carbocycles. The topological polar surface area (TPSA) is 77.5 Å². The van der Waals surface area contributed by atoms with Gasteiger partial charge < -0.3 is 29.0 Å². The molecule has 0 radical (unpaired) electrons. The third kappa shape index (κ3) is 3.65. The Morgan fingerprint density at radius 1 is 1.17 bits per heavy atom. The number of carboxylic acids is 1. The second-order valence-corrected chi connectivity index (χ2v) is 7.78. The Morgan fingerprint density at radius 2 is 1.93 bits per heavy atom. The number of likely N-dealkylation sites (tertiary alicyclic amines) is 1. The van der Waals surface area contributed by atoms with E-state index >= 15 is 0 Å². The van der Waals surface area contributed by atoms with Crippen LogP contribution in [0.3, 0.4) is 0 Å². The first kappa shape index (κ1) is 20.3. The van der Waals surface area contributed by atoms with Crippen LogP contribution in [0.4, 0.5) is 0 Å². The van der Waals surface area contributed by atoms with Gasteiger partial charge in [0.2, 0.25) is 12.5 Å². The number of likely N-dealkylation sites (N-methyl/N-ethyl adjacent to an activating group) is 1. The Balaban J connectivity index is 1.60. The van der Waals surface area contributed by atoms with Crippen molar-refractivity contribution in [1.82, 2.24) is 4.90 Å². The number of nitrogens with zero attached hydrogens (tertiary/aromatic N) is 1. The van der Waals surface area contributed by atoms with Crippen LogP contribution < -0.4 is 18.9 Å². The molecule has 1 fully saturated rings. The number of aryl methyl sites for hydroxylation is 1. The molecule has 3 atom stereocenters. The van der Waals surface area contributed by atoms with Crippen LogP contribution in [0.25, 0.3) is 0 Å². The molecule has 2 aliphatic rings. The zero-order valence-electron chi connectivity index (χ0n) is 17.5. The zero-order chi connectivity index (χ0) is 21.3. The number of methoxy groups -OCH3 is 2. The molecule has 1 N–H and O–H groups in total. The van der Waals surface area contributed by atoms with Crippen molar-refractivity contribution < 1.29 is 28.8 Å². The minimum atomic E-state index is -0.786. The first-order valence-corrected chi connectivity index (χ1v) is 10.1. The van der Waals surface area contributed by atoms with Gasteiger partial charge in [0.1, 0.15) is 5.75 Å². The SMILES string of the molecule is COc1ccccc1CCC1C(C(=O)O)C(c2cc(OC)c3c(c2)OCO3)CN1C. The Hall–Kier alpha value is -2.93. The van der Waals surface area contributed by atoms with Crippen LogP contribution in [0.2, 0.25) is 0 Å². The molecule has 4 rings (SSSR count). The number of ether oxygens (including phenoxy) is 4. The molecule has 2 aromatic carbocycles. The fraction of sp³-hybridized carbons (Fsp3) is 0.435. The molecule has 0 aromatic heterocycles. The standard InChI is InChI=1S/C23H27NO6/c1-24-12-16(15-10-19(28-3)22-20(11-15)29-13-30-22)21(23(25)26)17(24)9-8-14-6-4-5-7-18(14)27-2/h4-7,10-11,16-17,21H,8-9,12-13H2,1-3H3,(H,25,26). The predicted octanol–water partition coefficient (Wildman–Crippen LogP) is 3.16. The van der Waals surface area contributed by atoms with Gasteiger partial charge in [-0.2, -0.15) is 0 Å². The van der Waals surface area contributed by atoms with E-state index in [2.05, 4.69) is 4.90 Å². The van der Waals surface area contributed by atoms with Crippen molar-refractivity contribution in [3.63, 3.8) is 0 Å². The molecule has 0 saturated carbocycles. The summed E-state index contributed by atoms with van der Waals surface area (Å²) in [5.41, 5.74) is 1.99. The van der Waals surface area contributed by atoms with Crippen molar-refractivity contribution >= 4 is 5.97 Å². The number of carboxylic acid groups (broad SMARTS) is 1. The maximum absolute atomic E-state index is 12.3. The van der Waals surface area contributed by atoms with E-state index in [1.807, 2.05) is 43.4 Å². The molecule has 160 valence electrons. The predicted molar refractivity (Wildman–Crippen MR) is 111 cm³/mol. The van der Waals surface area contributed by atoms with Gasteiger partial charge in [0.25, 0.3) is 0 Å². The lowest BCUT2D eigenvalue weighted by Gasteiger charge is -2.24. The summed E-state index contributed by atoms with van der Waals surface area (Å²) in [6, 6.07) is 11.6. The summed E-state index contributed by atoms with van der Waals surface area (Å²) in [5, 5.41) is 10.1. The lowest BCUT2D eigenvalue weighted by Crippen LogP contribution is -2.34. The van der Waals surface area contributed by atoms with Crippen LogP contribution in [0.1, 0.15) is 23.5 Å². The van der Waals surface area contributed by atoms with Gasteiger partial charge >= 0.3 is 5.97 Å². The minimum absolute atomic E-state index is 0.0890. The average molecular weight is 413 g/mol. The number of rotatable bonds is 7. The van der Waals surface area contributed by atoms with E-state index in [1.54, 1.807) is 14.2 Å². The van der Waals surface area contributed by atoms with Gasteiger partial charge in [0, 0.05) is 18.5 Å². The molecule has 7 heteroatoms. The smallest absolute Gasteiger partial charge is 0.308 e. The third-order valence-electron chi connectivity index (χ3n) is 6.19. The second-order valence-electron chi connectivity index (χ2n) is 7.78. The highest BCUT2D eigenvalue weighted by Crippen LogP contribution is 2.47. The number of aliphatic carboxylic acids is 1. The van der Waals surface area contributed by atoms with Crippen LogP contribution >= 0.6 is 0 Å². The van der Waals surface area contributed by atoms with E-state index in [4.69, 9.17) is 18.9 Å². The Kier molecular flexibility index (Phi) is 5.72. The molecule has 0 spiro atoms. The highest BCUT2D eigenvalue weighted by molar-refractivity contribution is 5.73. The highest BCUT2D eigenvalue weighted by atomic mass is 16.7. The van der Waals surface area contributed by atoms with Crippen molar-refractivity contribution in [3.05, 3.63) is 47.5 Å². The van der Waals surface area contributed by atoms with E-state index in [1.165, 1.54) is 0 Å². The van der Waals surface area contributed by atoms with Gasteiger partial charge in [-0.1, -0.05) is 18.2 Å². The zero-order valence-corrected chi connectivity index (χ0v) is 17.5. The molecular formula is C23H27NO6. The van der Waals surface area contributed by atoms with Gasteiger partial charge in [-0.3, -0.25) is 4.79 Å². The van der Waals surface area contributed by atoms with E-state index in [0.717, 1.165) is 29.7 Å². The van der Waals surface area contributed by atoms with E-state index in [-0.39, 0.29) is 18.8 Å². The molecule has 2 aliphatic heterocycles. The molecule has 0 amide bonds. The fourth-order valence-electron chi connectivity index (χ4n) is 4.73. The van der Waals surface area contributed by atoms with Crippen LogP contribution in [-0.4, -0.2) is 56.6 Å². The van der Waals surface area contributed by atoms with Crippen molar-refractivity contribution in [2.75, 3.05) is 34.6 Å². The first-order chi connectivity index (χ1) is 14.5. The average Bonchev–Trinajstić information content (AvgIpc) is 3.35. The molecule has 1 saturated heterocycles. The maximum atomic E-state index is 12.3. The van der Waals surface area contributed by atoms with Gasteiger partial charge in [-0.05, 0) is 49.2 Å². The number of benzene rings is 2. The summed E-state index contributed by atoms with van der Waals surface area (Å²) >= 11 is 0. The summed E-state index contributed by atoms with van der Waals surface area (Å²) in [6.07, 6.45) is 1.48. The number of fused-ring (bicyclic) bond motifs is 1. The first-order valence-electron chi connectivity index (χ1n) is 10.1. The van der Waals surface area contributed by atoms with E-state index < -0.39 is 11.9 Å². The molecule has 2 heterocycles. The molecule has 2 aromatic rings. The molecule has 3 unspecified atom stereocenters. The summed E-state index contributed by atoms with van der Waals surface area (Å²) in [5.74, 6) is 1.10. The quantitative estimate of drug-likeness (QED) is 0.747.